The van der Waals surface area contributed by atoms with Crippen molar-refractivity contribution in [3.8, 4) is 0 Å². The van der Waals surface area contributed by atoms with Crippen LogP contribution in [0.1, 0.15) is 33.1 Å². The number of nitrogens with zero attached hydrogens (tertiary/aromatic N) is 1. The molecule has 0 saturated carbocycles. The monoisotopic (exact) mass is 200 g/mol. The quantitative estimate of drug-likeness (QED) is 0.690. The van der Waals surface area contributed by atoms with Gasteiger partial charge in [-0.1, -0.05) is 13.8 Å². The Bertz CT molecular complexity index is 145. The summed E-state index contributed by atoms with van der Waals surface area (Å²) in [6.07, 6.45) is 3.25. The van der Waals surface area contributed by atoms with Crippen LogP contribution in [0.15, 0.2) is 0 Å². The lowest BCUT2D eigenvalue weighted by molar-refractivity contribution is 0.113. The molecule has 1 aliphatic heterocycles. The molecule has 0 aliphatic carbocycles. The molecule has 14 heavy (non-hydrogen) atoms. The molecule has 0 radical (unpaired) electrons. The van der Waals surface area contributed by atoms with E-state index in [1.807, 2.05) is 0 Å². The van der Waals surface area contributed by atoms with E-state index in [4.69, 9.17) is 5.11 Å². The average Bonchev–Trinajstić information content (AvgIpc) is 2.20. The van der Waals surface area contributed by atoms with Gasteiger partial charge in [0.1, 0.15) is 0 Å². The summed E-state index contributed by atoms with van der Waals surface area (Å²) >= 11 is 0. The van der Waals surface area contributed by atoms with E-state index in [2.05, 4.69) is 24.1 Å². The van der Waals surface area contributed by atoms with Crippen molar-refractivity contribution in [3.05, 3.63) is 0 Å². The Labute approximate surface area is 87.5 Å². The predicted octanol–water partition coefficient (Wildman–Crippen LogP) is 0.833. The van der Waals surface area contributed by atoms with Gasteiger partial charge in [0, 0.05) is 12.1 Å². The number of hydrogen-bond donors (Lipinski definition) is 2. The van der Waals surface area contributed by atoms with Gasteiger partial charge in [-0.2, -0.15) is 0 Å². The van der Waals surface area contributed by atoms with Crippen molar-refractivity contribution >= 4 is 0 Å². The van der Waals surface area contributed by atoms with Crippen molar-refractivity contribution in [1.29, 1.82) is 0 Å². The summed E-state index contributed by atoms with van der Waals surface area (Å²) in [7, 11) is 0. The minimum Gasteiger partial charge on any atom is -0.396 e. The fourth-order valence-corrected chi connectivity index (χ4v) is 2.40. The molecule has 0 bridgehead atoms. The van der Waals surface area contributed by atoms with Gasteiger partial charge >= 0.3 is 0 Å². The third kappa shape index (κ3) is 2.94. The first kappa shape index (κ1) is 12.0. The van der Waals surface area contributed by atoms with E-state index in [-0.39, 0.29) is 5.54 Å². The normalized spacial score (nSPS) is 22.5. The van der Waals surface area contributed by atoms with E-state index < -0.39 is 0 Å². The third-order valence-electron chi connectivity index (χ3n) is 3.40. The van der Waals surface area contributed by atoms with E-state index in [1.165, 1.54) is 25.9 Å². The molecule has 3 heteroatoms. The van der Waals surface area contributed by atoms with Crippen LogP contribution in [-0.4, -0.2) is 48.3 Å². The zero-order valence-corrected chi connectivity index (χ0v) is 9.55. The van der Waals surface area contributed by atoms with Crippen LogP contribution in [0.4, 0.5) is 0 Å². The molecular weight excluding hydrogens is 176 g/mol. The molecule has 0 amide bonds. The van der Waals surface area contributed by atoms with E-state index in [1.54, 1.807) is 0 Å². The molecule has 0 aromatic heterocycles. The lowest BCUT2D eigenvalue weighted by Crippen LogP contribution is -2.53. The van der Waals surface area contributed by atoms with Crippen molar-refractivity contribution in [3.63, 3.8) is 0 Å². The molecule has 0 spiro atoms. The second-order valence-corrected chi connectivity index (χ2v) is 4.22. The number of piperidine rings is 1. The Hall–Kier alpha value is -0.120. The lowest BCUT2D eigenvalue weighted by atomic mass is 9.84. The molecule has 3 nitrogen and oxygen atoms in total. The van der Waals surface area contributed by atoms with Gasteiger partial charge in [0.25, 0.3) is 0 Å². The van der Waals surface area contributed by atoms with Crippen molar-refractivity contribution in [1.82, 2.24) is 10.2 Å². The van der Waals surface area contributed by atoms with Crippen molar-refractivity contribution in [2.24, 2.45) is 0 Å². The van der Waals surface area contributed by atoms with E-state index in [0.717, 1.165) is 19.5 Å². The number of hydrogen-bond acceptors (Lipinski definition) is 3. The highest BCUT2D eigenvalue weighted by molar-refractivity contribution is 4.92. The highest BCUT2D eigenvalue weighted by Gasteiger charge is 2.32. The van der Waals surface area contributed by atoms with Crippen LogP contribution in [0.5, 0.6) is 0 Å². The Morgan fingerprint density at radius 2 is 1.93 bits per heavy atom. The number of aliphatic hydroxyl groups is 1. The second kappa shape index (κ2) is 5.69. The number of nitrogens with one attached hydrogen (secondary N) is 1. The number of aliphatic hydroxyl groups excluding tert-OH is 1. The fourth-order valence-electron chi connectivity index (χ4n) is 2.40. The molecule has 0 atom stereocenters. The highest BCUT2D eigenvalue weighted by Crippen LogP contribution is 2.25. The molecule has 0 unspecified atom stereocenters. The Kier molecular flexibility index (Phi) is 4.85. The maximum absolute atomic E-state index is 9.08. The van der Waals surface area contributed by atoms with Crippen LogP contribution < -0.4 is 5.32 Å². The summed E-state index contributed by atoms with van der Waals surface area (Å²) in [5.74, 6) is 0. The first-order valence-corrected chi connectivity index (χ1v) is 5.84. The highest BCUT2D eigenvalue weighted by atomic mass is 16.3. The Morgan fingerprint density at radius 1 is 1.29 bits per heavy atom. The third-order valence-corrected chi connectivity index (χ3v) is 3.40. The zero-order valence-electron chi connectivity index (χ0n) is 9.55. The summed E-state index contributed by atoms with van der Waals surface area (Å²) in [6, 6.07) is 0. The van der Waals surface area contributed by atoms with Crippen LogP contribution in [0.2, 0.25) is 0 Å². The lowest BCUT2D eigenvalue weighted by Gasteiger charge is -2.42. The summed E-state index contributed by atoms with van der Waals surface area (Å²) in [4.78, 5) is 2.48. The van der Waals surface area contributed by atoms with Crippen LogP contribution in [0.3, 0.4) is 0 Å². The standard InChI is InChI=1S/C11H24N2O/c1-3-12-11(7-10-14)5-8-13(4-2)9-6-11/h12,14H,3-10H2,1-2H3. The topological polar surface area (TPSA) is 35.5 Å². The smallest absolute Gasteiger partial charge is 0.0448 e. The van der Waals surface area contributed by atoms with Gasteiger partial charge in [-0.05, 0) is 45.4 Å². The SMILES string of the molecule is CCNC1(CCO)CCN(CC)CC1. The van der Waals surface area contributed by atoms with Crippen LogP contribution in [-0.2, 0) is 0 Å². The second-order valence-electron chi connectivity index (χ2n) is 4.22. The van der Waals surface area contributed by atoms with E-state index in [0.29, 0.717) is 6.61 Å². The Balaban J connectivity index is 2.45. The molecule has 84 valence electrons. The molecule has 0 aromatic rings. The van der Waals surface area contributed by atoms with Crippen LogP contribution in [0.25, 0.3) is 0 Å². The van der Waals surface area contributed by atoms with Gasteiger partial charge in [-0.3, -0.25) is 0 Å². The molecule has 1 heterocycles. The summed E-state index contributed by atoms with van der Waals surface area (Å²) in [5.41, 5.74) is 0.217. The summed E-state index contributed by atoms with van der Waals surface area (Å²) in [6.45, 7) is 9.16. The zero-order chi connectivity index (χ0) is 10.4. The van der Waals surface area contributed by atoms with Crippen LogP contribution in [0, 0.1) is 0 Å². The molecule has 0 aromatic carbocycles. The van der Waals surface area contributed by atoms with E-state index in [9.17, 15) is 0 Å². The summed E-state index contributed by atoms with van der Waals surface area (Å²) in [5, 5.41) is 12.6. The fraction of sp³-hybridized carbons (Fsp3) is 1.00. The number of rotatable bonds is 5. The number of likely N-dealkylation sites (tertiary alicyclic amines) is 1. The average molecular weight is 200 g/mol. The maximum Gasteiger partial charge on any atom is 0.0448 e. The predicted molar refractivity (Wildman–Crippen MR) is 59.5 cm³/mol. The molecule has 1 saturated heterocycles. The van der Waals surface area contributed by atoms with Gasteiger partial charge in [0.05, 0.1) is 0 Å². The minimum absolute atomic E-state index is 0.217. The van der Waals surface area contributed by atoms with E-state index >= 15 is 0 Å². The van der Waals surface area contributed by atoms with Gasteiger partial charge in [0.2, 0.25) is 0 Å². The van der Waals surface area contributed by atoms with Gasteiger partial charge < -0.3 is 15.3 Å². The molecule has 2 N–H and O–H groups in total. The maximum atomic E-state index is 9.08. The van der Waals surface area contributed by atoms with Gasteiger partial charge in [0.15, 0.2) is 0 Å². The van der Waals surface area contributed by atoms with Crippen molar-refractivity contribution in [2.75, 3.05) is 32.8 Å². The molecule has 1 aliphatic rings. The van der Waals surface area contributed by atoms with Crippen molar-refractivity contribution < 1.29 is 5.11 Å². The first-order chi connectivity index (χ1) is 6.76. The summed E-state index contributed by atoms with van der Waals surface area (Å²) < 4.78 is 0. The molecule has 1 rings (SSSR count). The van der Waals surface area contributed by atoms with Gasteiger partial charge in [-0.25, -0.2) is 0 Å². The first-order valence-electron chi connectivity index (χ1n) is 5.84. The molecular formula is C11H24N2O. The van der Waals surface area contributed by atoms with Gasteiger partial charge in [-0.15, -0.1) is 0 Å². The molecule has 1 fully saturated rings. The van der Waals surface area contributed by atoms with Crippen molar-refractivity contribution in [2.45, 2.75) is 38.6 Å². The largest absolute Gasteiger partial charge is 0.396 e. The van der Waals surface area contributed by atoms with Crippen LogP contribution >= 0.6 is 0 Å². The minimum atomic E-state index is 0.217. The Morgan fingerprint density at radius 3 is 2.36 bits per heavy atom.